The molecule has 0 amide bonds. The van der Waals surface area contributed by atoms with E-state index in [1.807, 2.05) is 0 Å². The molecule has 0 saturated heterocycles. The number of nitrogens with zero attached hydrogens (tertiary/aromatic N) is 2. The van der Waals surface area contributed by atoms with Crippen LogP contribution in [0.3, 0.4) is 0 Å². The molecule has 1 aliphatic rings. The zero-order valence-corrected chi connectivity index (χ0v) is 9.66. The van der Waals surface area contributed by atoms with Crippen LogP contribution in [0, 0.1) is 5.41 Å². The second-order valence-corrected chi connectivity index (χ2v) is 5.13. The maximum Gasteiger partial charge on any atom is 0.230 e. The van der Waals surface area contributed by atoms with Crippen molar-refractivity contribution in [3.8, 4) is 0 Å². The molecule has 1 aromatic heterocycles. The van der Waals surface area contributed by atoms with E-state index >= 15 is 0 Å². The lowest BCUT2D eigenvalue weighted by molar-refractivity contribution is 0.359. The summed E-state index contributed by atoms with van der Waals surface area (Å²) in [5.41, 5.74) is 6.25. The maximum absolute atomic E-state index is 5.92. The van der Waals surface area contributed by atoms with Crippen molar-refractivity contribution in [2.75, 3.05) is 0 Å². The van der Waals surface area contributed by atoms with Crippen LogP contribution in [0.1, 0.15) is 63.7 Å². The van der Waals surface area contributed by atoms with Gasteiger partial charge in [-0.3, -0.25) is 0 Å². The van der Waals surface area contributed by atoms with Crippen LogP contribution < -0.4 is 5.73 Å². The SMILES string of the molecule is CCCC(N)c1noc(C2CC2(C)C)n1. The summed E-state index contributed by atoms with van der Waals surface area (Å²) >= 11 is 0. The fraction of sp³-hybridized carbons (Fsp3) is 0.818. The van der Waals surface area contributed by atoms with E-state index in [1.54, 1.807) is 0 Å². The van der Waals surface area contributed by atoms with Crippen molar-refractivity contribution in [1.82, 2.24) is 10.1 Å². The van der Waals surface area contributed by atoms with Crippen molar-refractivity contribution < 1.29 is 4.52 Å². The molecule has 0 bridgehead atoms. The van der Waals surface area contributed by atoms with Gasteiger partial charge in [0.05, 0.1) is 6.04 Å². The Hall–Kier alpha value is -0.900. The van der Waals surface area contributed by atoms with Crippen LogP contribution in [0.15, 0.2) is 4.52 Å². The van der Waals surface area contributed by atoms with Gasteiger partial charge in [-0.2, -0.15) is 4.98 Å². The largest absolute Gasteiger partial charge is 0.339 e. The van der Waals surface area contributed by atoms with E-state index in [0.717, 1.165) is 25.2 Å². The Labute approximate surface area is 90.2 Å². The predicted molar refractivity (Wildman–Crippen MR) is 57.3 cm³/mol. The Bertz CT molecular complexity index is 345. The molecule has 2 N–H and O–H groups in total. The molecule has 0 radical (unpaired) electrons. The van der Waals surface area contributed by atoms with Gasteiger partial charge in [0.25, 0.3) is 0 Å². The van der Waals surface area contributed by atoms with Crippen LogP contribution in [-0.4, -0.2) is 10.1 Å². The summed E-state index contributed by atoms with van der Waals surface area (Å²) in [6.45, 7) is 6.53. The van der Waals surface area contributed by atoms with E-state index in [1.165, 1.54) is 0 Å². The van der Waals surface area contributed by atoms with Gasteiger partial charge in [0, 0.05) is 5.92 Å². The first-order valence-corrected chi connectivity index (χ1v) is 5.63. The highest BCUT2D eigenvalue weighted by Crippen LogP contribution is 2.58. The minimum atomic E-state index is -0.0747. The smallest absolute Gasteiger partial charge is 0.230 e. The Morgan fingerprint density at radius 1 is 1.60 bits per heavy atom. The molecule has 2 atom stereocenters. The van der Waals surface area contributed by atoms with E-state index in [-0.39, 0.29) is 6.04 Å². The first-order valence-electron chi connectivity index (χ1n) is 5.63. The first-order chi connectivity index (χ1) is 7.04. The second kappa shape index (κ2) is 3.59. The van der Waals surface area contributed by atoms with Gasteiger partial charge in [-0.05, 0) is 18.3 Å². The average Bonchev–Trinajstić information content (AvgIpc) is 2.66. The summed E-state index contributed by atoms with van der Waals surface area (Å²) in [5.74, 6) is 1.86. The van der Waals surface area contributed by atoms with Gasteiger partial charge in [0.15, 0.2) is 5.82 Å². The van der Waals surface area contributed by atoms with Crippen LogP contribution in [0.25, 0.3) is 0 Å². The number of rotatable bonds is 4. The van der Waals surface area contributed by atoms with Crippen LogP contribution >= 0.6 is 0 Å². The predicted octanol–water partition coefficient (Wildman–Crippen LogP) is 2.38. The lowest BCUT2D eigenvalue weighted by Gasteiger charge is -2.02. The molecule has 0 aliphatic heterocycles. The van der Waals surface area contributed by atoms with E-state index in [0.29, 0.717) is 17.2 Å². The van der Waals surface area contributed by atoms with Crippen LogP contribution in [0.5, 0.6) is 0 Å². The molecular formula is C11H19N3O. The van der Waals surface area contributed by atoms with Gasteiger partial charge in [-0.15, -0.1) is 0 Å². The number of aromatic nitrogens is 2. The standard InChI is InChI=1S/C11H19N3O/c1-4-5-8(12)9-13-10(15-14-9)7-6-11(7,2)3/h7-8H,4-6,12H2,1-3H3. The third kappa shape index (κ3) is 2.04. The van der Waals surface area contributed by atoms with Crippen molar-refractivity contribution in [2.24, 2.45) is 11.1 Å². The normalized spacial score (nSPS) is 25.2. The fourth-order valence-electron chi connectivity index (χ4n) is 1.87. The minimum absolute atomic E-state index is 0.0747. The minimum Gasteiger partial charge on any atom is -0.339 e. The molecular weight excluding hydrogens is 190 g/mol. The van der Waals surface area contributed by atoms with Gasteiger partial charge in [0.2, 0.25) is 5.89 Å². The molecule has 84 valence electrons. The van der Waals surface area contributed by atoms with Crippen molar-refractivity contribution in [1.29, 1.82) is 0 Å². The van der Waals surface area contributed by atoms with Gasteiger partial charge in [-0.1, -0.05) is 32.3 Å². The van der Waals surface area contributed by atoms with Crippen molar-refractivity contribution in [2.45, 2.75) is 52.0 Å². The van der Waals surface area contributed by atoms with Crippen molar-refractivity contribution in [3.63, 3.8) is 0 Å². The number of hydrogen-bond acceptors (Lipinski definition) is 4. The van der Waals surface area contributed by atoms with Gasteiger partial charge >= 0.3 is 0 Å². The van der Waals surface area contributed by atoms with Crippen LogP contribution in [0.2, 0.25) is 0 Å². The monoisotopic (exact) mass is 209 g/mol. The van der Waals surface area contributed by atoms with Gasteiger partial charge in [0.1, 0.15) is 0 Å². The van der Waals surface area contributed by atoms with E-state index in [2.05, 4.69) is 30.9 Å². The number of nitrogens with two attached hydrogens (primary N) is 1. The molecule has 0 spiro atoms. The molecule has 1 aromatic rings. The van der Waals surface area contributed by atoms with Crippen molar-refractivity contribution >= 4 is 0 Å². The Morgan fingerprint density at radius 2 is 2.27 bits per heavy atom. The fourth-order valence-corrected chi connectivity index (χ4v) is 1.87. The summed E-state index contributed by atoms with van der Waals surface area (Å²) in [7, 11) is 0. The summed E-state index contributed by atoms with van der Waals surface area (Å²) in [6, 6.07) is -0.0747. The van der Waals surface area contributed by atoms with Crippen molar-refractivity contribution in [3.05, 3.63) is 11.7 Å². The van der Waals surface area contributed by atoms with Gasteiger partial charge < -0.3 is 10.3 Å². The molecule has 1 aliphatic carbocycles. The highest BCUT2D eigenvalue weighted by Gasteiger charge is 2.50. The van der Waals surface area contributed by atoms with Crippen LogP contribution in [0.4, 0.5) is 0 Å². The Morgan fingerprint density at radius 3 is 2.80 bits per heavy atom. The lowest BCUT2D eigenvalue weighted by Crippen LogP contribution is -2.11. The highest BCUT2D eigenvalue weighted by atomic mass is 16.5. The molecule has 15 heavy (non-hydrogen) atoms. The Kier molecular flexibility index (Phi) is 2.54. The molecule has 0 aromatic carbocycles. The third-order valence-corrected chi connectivity index (χ3v) is 3.20. The lowest BCUT2D eigenvalue weighted by atomic mass is 10.1. The average molecular weight is 209 g/mol. The zero-order valence-electron chi connectivity index (χ0n) is 9.66. The molecule has 1 saturated carbocycles. The summed E-state index contributed by atoms with van der Waals surface area (Å²) in [4.78, 5) is 4.38. The molecule has 1 heterocycles. The quantitative estimate of drug-likeness (QED) is 0.826. The van der Waals surface area contributed by atoms with Gasteiger partial charge in [-0.25, -0.2) is 0 Å². The van der Waals surface area contributed by atoms with E-state index in [4.69, 9.17) is 10.3 Å². The molecule has 2 rings (SSSR count). The Balaban J connectivity index is 2.05. The molecule has 4 heteroatoms. The highest BCUT2D eigenvalue weighted by molar-refractivity contribution is 5.13. The van der Waals surface area contributed by atoms with E-state index in [9.17, 15) is 0 Å². The summed E-state index contributed by atoms with van der Waals surface area (Å²) in [5, 5.41) is 3.95. The molecule has 2 unspecified atom stereocenters. The first kappa shape index (κ1) is 10.6. The topological polar surface area (TPSA) is 64.9 Å². The van der Waals surface area contributed by atoms with E-state index < -0.39 is 0 Å². The summed E-state index contributed by atoms with van der Waals surface area (Å²) < 4.78 is 5.25. The summed E-state index contributed by atoms with van der Waals surface area (Å²) in [6.07, 6.45) is 3.09. The molecule has 1 fully saturated rings. The zero-order chi connectivity index (χ0) is 11.1. The van der Waals surface area contributed by atoms with Crippen LogP contribution in [-0.2, 0) is 0 Å². The second-order valence-electron chi connectivity index (χ2n) is 5.13. The third-order valence-electron chi connectivity index (χ3n) is 3.20. The number of hydrogen-bond donors (Lipinski definition) is 1. The molecule has 4 nitrogen and oxygen atoms in total. The maximum atomic E-state index is 5.92.